The number of ether oxygens (including phenoxy) is 1. The molecule has 1 aliphatic carbocycles. The molecule has 0 atom stereocenters. The van der Waals surface area contributed by atoms with Crippen LogP contribution in [0.2, 0.25) is 0 Å². The van der Waals surface area contributed by atoms with E-state index in [0.717, 1.165) is 19.1 Å². The lowest BCUT2D eigenvalue weighted by atomic mass is 10.1. The van der Waals surface area contributed by atoms with Crippen LogP contribution in [-0.2, 0) is 27.3 Å². The molecule has 1 saturated carbocycles. The van der Waals surface area contributed by atoms with E-state index in [2.05, 4.69) is 5.10 Å². The topological polar surface area (TPSA) is 87.5 Å². The van der Waals surface area contributed by atoms with Gasteiger partial charge in [0, 0.05) is 17.7 Å². The molecule has 0 bridgehead atoms. The van der Waals surface area contributed by atoms with Gasteiger partial charge in [-0.25, -0.2) is 9.07 Å². The minimum atomic E-state index is -3.52. The van der Waals surface area contributed by atoms with Crippen LogP contribution < -0.4 is 10.3 Å². The van der Waals surface area contributed by atoms with Crippen LogP contribution in [0.25, 0.3) is 11.3 Å². The smallest absolute Gasteiger partial charge is 0.269 e. The monoisotopic (exact) mass is 410 g/mol. The molecule has 0 radical (unpaired) electrons. The summed E-state index contributed by atoms with van der Waals surface area (Å²) in [5, 5.41) is 4.42. The van der Waals surface area contributed by atoms with E-state index in [-0.39, 0.29) is 17.9 Å². The lowest BCUT2D eigenvalue weighted by Gasteiger charge is -2.11. The number of methoxy groups -OCH3 is 1. The van der Waals surface area contributed by atoms with Crippen LogP contribution in [0, 0.1) is 11.7 Å². The Labute approximate surface area is 163 Å². The summed E-state index contributed by atoms with van der Waals surface area (Å²) in [4.78, 5) is 12.7. The molecule has 0 aliphatic heterocycles. The minimum Gasteiger partial charge on any atom is -0.494 e. The highest BCUT2D eigenvalue weighted by Crippen LogP contribution is 2.30. The van der Waals surface area contributed by atoms with E-state index in [4.69, 9.17) is 8.92 Å². The summed E-state index contributed by atoms with van der Waals surface area (Å²) in [5.74, 6) is 0.0625. The molecule has 0 N–H and O–H groups in total. The first-order chi connectivity index (χ1) is 13.3. The molecule has 1 aromatic heterocycles. The van der Waals surface area contributed by atoms with Gasteiger partial charge in [-0.3, -0.25) is 8.98 Å². The van der Waals surface area contributed by atoms with Crippen molar-refractivity contribution >= 4 is 10.1 Å². The third-order valence-electron chi connectivity index (χ3n) is 4.51. The Morgan fingerprint density at radius 1 is 1.29 bits per heavy atom. The van der Waals surface area contributed by atoms with Crippen LogP contribution in [0.5, 0.6) is 5.75 Å². The van der Waals surface area contributed by atoms with Crippen molar-refractivity contribution in [2.24, 2.45) is 5.92 Å². The summed E-state index contributed by atoms with van der Waals surface area (Å²) in [6.45, 7) is 0.522. The van der Waals surface area contributed by atoms with Crippen molar-refractivity contribution in [1.82, 2.24) is 9.78 Å². The van der Waals surface area contributed by atoms with Gasteiger partial charge in [-0.1, -0.05) is 0 Å². The molecule has 7 nitrogen and oxygen atoms in total. The molecular weight excluding hydrogens is 387 g/mol. The second-order valence-electron chi connectivity index (χ2n) is 6.96. The average Bonchev–Trinajstić information content (AvgIpc) is 3.44. The summed E-state index contributed by atoms with van der Waals surface area (Å²) in [7, 11) is -2.12. The zero-order valence-electron chi connectivity index (χ0n) is 15.9. The highest BCUT2D eigenvalue weighted by molar-refractivity contribution is 7.85. The van der Waals surface area contributed by atoms with E-state index in [1.54, 1.807) is 12.1 Å². The summed E-state index contributed by atoms with van der Waals surface area (Å²) < 4.78 is 47.4. The average molecular weight is 410 g/mol. The van der Waals surface area contributed by atoms with Gasteiger partial charge >= 0.3 is 0 Å². The number of aromatic nitrogens is 2. The summed E-state index contributed by atoms with van der Waals surface area (Å²) in [6.07, 6.45) is 3.82. The third-order valence-corrected chi connectivity index (χ3v) is 5.11. The third kappa shape index (κ3) is 5.39. The Morgan fingerprint density at radius 3 is 2.64 bits per heavy atom. The van der Waals surface area contributed by atoms with Crippen LogP contribution in [0.4, 0.5) is 4.39 Å². The van der Waals surface area contributed by atoms with Gasteiger partial charge in [-0.05, 0) is 55.9 Å². The Hall–Kier alpha value is -2.26. The van der Waals surface area contributed by atoms with Crippen LogP contribution in [0.1, 0.15) is 24.8 Å². The number of aryl methyl sites for hydroxylation is 1. The van der Waals surface area contributed by atoms with Crippen molar-refractivity contribution in [3.05, 3.63) is 46.0 Å². The van der Waals surface area contributed by atoms with E-state index < -0.39 is 15.9 Å². The molecule has 0 spiro atoms. The van der Waals surface area contributed by atoms with Crippen LogP contribution >= 0.6 is 0 Å². The molecule has 28 heavy (non-hydrogen) atoms. The fraction of sp³-hybridized carbons (Fsp3) is 0.474. The number of hydrogen-bond donors (Lipinski definition) is 0. The number of benzene rings is 1. The second-order valence-corrected chi connectivity index (χ2v) is 8.61. The van der Waals surface area contributed by atoms with E-state index in [1.807, 2.05) is 0 Å². The molecule has 1 aliphatic rings. The number of nitrogens with zero attached hydrogens (tertiary/aromatic N) is 2. The van der Waals surface area contributed by atoms with Gasteiger partial charge in [0.1, 0.15) is 0 Å². The first kappa shape index (κ1) is 20.5. The van der Waals surface area contributed by atoms with E-state index in [9.17, 15) is 17.6 Å². The Morgan fingerprint density at radius 2 is 2.04 bits per heavy atom. The fourth-order valence-corrected chi connectivity index (χ4v) is 3.30. The largest absolute Gasteiger partial charge is 0.494 e. The normalized spacial score (nSPS) is 14.2. The molecule has 1 aromatic carbocycles. The molecule has 0 saturated heterocycles. The molecule has 9 heteroatoms. The standard InChI is InChI=1S/C19H23FN2O5S/c1-26-18-8-7-14(10-16(18)20)17-11-15(4-3-9-27-28(2,24)25)19(23)22(21-17)12-13-5-6-13/h7-8,10-11,13H,3-6,9,12H2,1-2H3. The number of hydrogen-bond acceptors (Lipinski definition) is 6. The summed E-state index contributed by atoms with van der Waals surface area (Å²) >= 11 is 0. The van der Waals surface area contributed by atoms with Crippen LogP contribution in [0.15, 0.2) is 29.1 Å². The Balaban J connectivity index is 1.89. The predicted octanol–water partition coefficient (Wildman–Crippen LogP) is 2.38. The SMILES string of the molecule is COc1ccc(-c2cc(CCCOS(C)(=O)=O)c(=O)n(CC3CC3)n2)cc1F. The predicted molar refractivity (Wildman–Crippen MR) is 102 cm³/mol. The summed E-state index contributed by atoms with van der Waals surface area (Å²) in [5.41, 5.74) is 1.32. The minimum absolute atomic E-state index is 0.00425. The van der Waals surface area contributed by atoms with Crippen molar-refractivity contribution < 1.29 is 21.7 Å². The van der Waals surface area contributed by atoms with Crippen molar-refractivity contribution in [3.8, 4) is 17.0 Å². The zero-order valence-corrected chi connectivity index (χ0v) is 16.7. The van der Waals surface area contributed by atoms with Crippen molar-refractivity contribution in [3.63, 3.8) is 0 Å². The van der Waals surface area contributed by atoms with Crippen molar-refractivity contribution in [2.45, 2.75) is 32.2 Å². The summed E-state index contributed by atoms with van der Waals surface area (Å²) in [6, 6.07) is 6.16. The van der Waals surface area contributed by atoms with Crippen molar-refractivity contribution in [1.29, 1.82) is 0 Å². The maximum absolute atomic E-state index is 14.1. The lowest BCUT2D eigenvalue weighted by molar-refractivity contribution is 0.315. The molecule has 1 fully saturated rings. The quantitative estimate of drug-likeness (QED) is 0.466. The second kappa shape index (κ2) is 8.40. The number of rotatable bonds is 9. The van der Waals surface area contributed by atoms with Gasteiger partial charge in [0.25, 0.3) is 15.7 Å². The maximum Gasteiger partial charge on any atom is 0.269 e. The fourth-order valence-electron chi connectivity index (χ4n) is 2.88. The molecule has 0 unspecified atom stereocenters. The zero-order chi connectivity index (χ0) is 20.3. The molecule has 3 rings (SSSR count). The molecule has 2 aromatic rings. The van der Waals surface area contributed by atoms with E-state index in [0.29, 0.717) is 42.1 Å². The molecule has 1 heterocycles. The first-order valence-corrected chi connectivity index (χ1v) is 10.9. The van der Waals surface area contributed by atoms with Gasteiger partial charge < -0.3 is 4.74 Å². The molecular formula is C19H23FN2O5S. The van der Waals surface area contributed by atoms with E-state index >= 15 is 0 Å². The van der Waals surface area contributed by atoms with Crippen LogP contribution in [0.3, 0.4) is 0 Å². The number of halogens is 1. The van der Waals surface area contributed by atoms with E-state index in [1.165, 1.54) is 23.9 Å². The maximum atomic E-state index is 14.1. The Kier molecular flexibility index (Phi) is 6.14. The van der Waals surface area contributed by atoms with Gasteiger partial charge in [0.05, 0.1) is 25.7 Å². The van der Waals surface area contributed by atoms with Gasteiger partial charge in [0.15, 0.2) is 11.6 Å². The highest BCUT2D eigenvalue weighted by atomic mass is 32.2. The molecule has 0 amide bonds. The van der Waals surface area contributed by atoms with Gasteiger partial charge in [-0.15, -0.1) is 0 Å². The van der Waals surface area contributed by atoms with Gasteiger partial charge in [-0.2, -0.15) is 13.5 Å². The van der Waals surface area contributed by atoms with Crippen molar-refractivity contribution in [2.75, 3.05) is 20.0 Å². The lowest BCUT2D eigenvalue weighted by Crippen LogP contribution is -2.27. The van der Waals surface area contributed by atoms with Crippen LogP contribution in [-0.4, -0.2) is 38.2 Å². The Bertz CT molecular complexity index is 1020. The highest BCUT2D eigenvalue weighted by Gasteiger charge is 2.24. The first-order valence-electron chi connectivity index (χ1n) is 9.06. The molecule has 152 valence electrons. The van der Waals surface area contributed by atoms with Gasteiger partial charge in [0.2, 0.25) is 0 Å².